The maximum Gasteiger partial charge on any atom is 0.221 e. The molecule has 0 fully saturated rings. The van der Waals surface area contributed by atoms with E-state index in [-0.39, 0.29) is 16.6 Å². The molecule has 0 unspecified atom stereocenters. The van der Waals surface area contributed by atoms with Crippen molar-refractivity contribution >= 4 is 10.8 Å². The molecule has 2 heterocycles. The quantitative estimate of drug-likeness (QED) is 0.461. The zero-order chi connectivity index (χ0) is 19.8. The number of hydrogen-bond acceptors (Lipinski definition) is 0. The van der Waals surface area contributed by atoms with Crippen LogP contribution >= 0.6 is 0 Å². The van der Waals surface area contributed by atoms with Gasteiger partial charge in [0.05, 0.1) is 10.9 Å². The van der Waals surface area contributed by atoms with Crippen LogP contribution in [0.5, 0.6) is 0 Å². The Morgan fingerprint density at radius 2 is 1.71 bits per heavy atom. The van der Waals surface area contributed by atoms with Gasteiger partial charge in [0.15, 0.2) is 6.20 Å². The Balaban J connectivity index is 2.07. The van der Waals surface area contributed by atoms with E-state index >= 15 is 4.39 Å². The predicted octanol–water partition coefficient (Wildman–Crippen LogP) is 6.34. The average molecular weight is 375 g/mol. The number of aromatic nitrogens is 1. The molecule has 0 spiro atoms. The van der Waals surface area contributed by atoms with Crippen molar-refractivity contribution in [1.82, 2.24) is 0 Å². The second-order valence-corrected chi connectivity index (χ2v) is 9.28. The molecule has 1 aliphatic carbocycles. The number of hydrogen-bond donors (Lipinski definition) is 0. The molecule has 0 saturated carbocycles. The fraction of sp³-hybridized carbons (Fsp3) is 0.423. The molecule has 1 nitrogen and oxygen atoms in total. The Kier molecular flexibility index (Phi) is 3.60. The lowest BCUT2D eigenvalue weighted by atomic mass is 9.64. The molecule has 2 aromatic carbocycles. The highest BCUT2D eigenvalue weighted by Gasteiger charge is 2.46. The molecule has 2 aliphatic rings. The Labute approximate surface area is 167 Å². The van der Waals surface area contributed by atoms with Crippen LogP contribution in [0.25, 0.3) is 22.0 Å². The minimum Gasteiger partial charge on any atom is -0.207 e. The van der Waals surface area contributed by atoms with Crippen molar-refractivity contribution in [3.05, 3.63) is 64.6 Å². The van der Waals surface area contributed by atoms with Crippen LogP contribution in [0, 0.1) is 12.7 Å². The summed E-state index contributed by atoms with van der Waals surface area (Å²) in [6.45, 7) is 12.1. The van der Waals surface area contributed by atoms with E-state index in [1.165, 1.54) is 38.7 Å². The number of benzene rings is 2. The molecular formula is C26H29FN+. The van der Waals surface area contributed by atoms with E-state index < -0.39 is 0 Å². The number of nitrogens with zero attached hydrogens (tertiary/aromatic N) is 1. The number of rotatable bonds is 2. The molecule has 0 radical (unpaired) electrons. The van der Waals surface area contributed by atoms with Crippen LogP contribution in [0.2, 0.25) is 0 Å². The second-order valence-electron chi connectivity index (χ2n) is 9.28. The third-order valence-electron chi connectivity index (χ3n) is 7.85. The van der Waals surface area contributed by atoms with Crippen molar-refractivity contribution in [2.45, 2.75) is 71.3 Å². The summed E-state index contributed by atoms with van der Waals surface area (Å²) in [6, 6.07) is 10.5. The smallest absolute Gasteiger partial charge is 0.207 e. The highest BCUT2D eigenvalue weighted by molar-refractivity contribution is 6.02. The summed E-state index contributed by atoms with van der Waals surface area (Å²) in [4.78, 5) is 0. The number of pyridine rings is 1. The van der Waals surface area contributed by atoms with Crippen molar-refractivity contribution in [2.24, 2.45) is 0 Å². The zero-order valence-electron chi connectivity index (χ0n) is 17.6. The van der Waals surface area contributed by atoms with Gasteiger partial charge in [0.2, 0.25) is 5.69 Å². The molecule has 28 heavy (non-hydrogen) atoms. The first-order valence-electron chi connectivity index (χ1n) is 10.7. The topological polar surface area (TPSA) is 3.88 Å². The molecule has 0 atom stereocenters. The van der Waals surface area contributed by atoms with E-state index in [0.717, 1.165) is 31.4 Å². The van der Waals surface area contributed by atoms with Crippen LogP contribution in [-0.2, 0) is 17.4 Å². The van der Waals surface area contributed by atoms with Gasteiger partial charge in [0.25, 0.3) is 0 Å². The summed E-state index contributed by atoms with van der Waals surface area (Å²) >= 11 is 0. The molecule has 0 amide bonds. The minimum absolute atomic E-state index is 0.0680. The standard InChI is InChI=1S/C26H29FN/c1-6-26(7-2)13-15-28-14-12-17-16(3)8-9-18-21(17)24(28)22-19(26)10-11-20(27)23(22)25(18,4)5/h8-12,14H,6-7,13,15H2,1-5H3/q+1. The minimum atomic E-state index is -0.356. The van der Waals surface area contributed by atoms with E-state index in [1.54, 1.807) is 6.07 Å². The maximum atomic E-state index is 15.4. The lowest BCUT2D eigenvalue weighted by Crippen LogP contribution is -2.39. The predicted molar refractivity (Wildman–Crippen MR) is 113 cm³/mol. The number of aryl methyl sites for hydroxylation is 2. The molecule has 5 rings (SSSR count). The fourth-order valence-corrected chi connectivity index (χ4v) is 6.02. The average Bonchev–Trinajstić information content (AvgIpc) is 2.82. The normalized spacial score (nSPS) is 18.2. The van der Waals surface area contributed by atoms with Gasteiger partial charge in [-0.1, -0.05) is 45.9 Å². The highest BCUT2D eigenvalue weighted by Crippen LogP contribution is 2.54. The van der Waals surface area contributed by atoms with Crippen molar-refractivity contribution in [3.63, 3.8) is 0 Å². The lowest BCUT2D eigenvalue weighted by molar-refractivity contribution is -0.685. The monoisotopic (exact) mass is 374 g/mol. The van der Waals surface area contributed by atoms with Crippen molar-refractivity contribution in [1.29, 1.82) is 0 Å². The molecule has 0 N–H and O–H groups in total. The van der Waals surface area contributed by atoms with Crippen LogP contribution in [0.15, 0.2) is 36.5 Å². The fourth-order valence-electron chi connectivity index (χ4n) is 6.02. The van der Waals surface area contributed by atoms with Crippen LogP contribution in [0.4, 0.5) is 4.39 Å². The summed E-state index contributed by atoms with van der Waals surface area (Å²) in [5.41, 5.74) is 6.95. The molecule has 1 aliphatic heterocycles. The first kappa shape index (κ1) is 17.8. The van der Waals surface area contributed by atoms with Crippen molar-refractivity contribution in [2.75, 3.05) is 0 Å². The Morgan fingerprint density at radius 3 is 2.43 bits per heavy atom. The summed E-state index contributed by atoms with van der Waals surface area (Å²) in [5, 5.41) is 2.63. The highest BCUT2D eigenvalue weighted by atomic mass is 19.1. The summed E-state index contributed by atoms with van der Waals surface area (Å²) in [5.74, 6) is -0.0680. The van der Waals surface area contributed by atoms with Crippen LogP contribution in [0.3, 0.4) is 0 Å². The van der Waals surface area contributed by atoms with Crippen molar-refractivity contribution in [3.8, 4) is 11.3 Å². The summed E-state index contributed by atoms with van der Waals surface area (Å²) < 4.78 is 17.8. The van der Waals surface area contributed by atoms with E-state index in [2.05, 4.69) is 69.6 Å². The van der Waals surface area contributed by atoms with Crippen LogP contribution < -0.4 is 4.57 Å². The van der Waals surface area contributed by atoms with Crippen LogP contribution in [0.1, 0.15) is 69.2 Å². The van der Waals surface area contributed by atoms with Gasteiger partial charge in [-0.2, -0.15) is 4.57 Å². The molecule has 1 aromatic heterocycles. The van der Waals surface area contributed by atoms with E-state index in [1.807, 2.05) is 0 Å². The first-order chi connectivity index (χ1) is 13.4. The van der Waals surface area contributed by atoms with E-state index in [0.29, 0.717) is 0 Å². The van der Waals surface area contributed by atoms with Crippen LogP contribution in [-0.4, -0.2) is 0 Å². The SMILES string of the molecule is CCC1(CC)CC[n+]2ccc3c(C)ccc4c3c2-c2c1ccc(F)c2C4(C)C. The van der Waals surface area contributed by atoms with Gasteiger partial charge in [-0.05, 0) is 47.9 Å². The first-order valence-corrected chi connectivity index (χ1v) is 10.7. The Bertz CT molecular complexity index is 1140. The third kappa shape index (κ3) is 1.99. The van der Waals surface area contributed by atoms with Gasteiger partial charge in [0.1, 0.15) is 12.4 Å². The zero-order valence-corrected chi connectivity index (χ0v) is 17.6. The van der Waals surface area contributed by atoms with E-state index in [4.69, 9.17) is 0 Å². The molecule has 0 bridgehead atoms. The van der Waals surface area contributed by atoms with Gasteiger partial charge in [0, 0.05) is 28.9 Å². The molecule has 144 valence electrons. The largest absolute Gasteiger partial charge is 0.221 e. The van der Waals surface area contributed by atoms with Crippen molar-refractivity contribution < 1.29 is 8.96 Å². The molecule has 0 saturated heterocycles. The third-order valence-corrected chi connectivity index (χ3v) is 7.85. The van der Waals surface area contributed by atoms with Gasteiger partial charge in [-0.25, -0.2) is 4.39 Å². The summed E-state index contributed by atoms with van der Waals surface area (Å²) in [6.07, 6.45) is 5.50. The molecule has 2 heteroatoms. The Morgan fingerprint density at radius 1 is 1.00 bits per heavy atom. The molecule has 3 aromatic rings. The van der Waals surface area contributed by atoms with Gasteiger partial charge >= 0.3 is 0 Å². The second kappa shape index (κ2) is 5.65. The maximum absolute atomic E-state index is 15.4. The summed E-state index contributed by atoms with van der Waals surface area (Å²) in [7, 11) is 0. The van der Waals surface area contributed by atoms with E-state index in [9.17, 15) is 0 Å². The molecular weight excluding hydrogens is 345 g/mol. The lowest BCUT2D eigenvalue weighted by Gasteiger charge is -2.37. The van der Waals surface area contributed by atoms with Gasteiger partial charge < -0.3 is 0 Å². The van der Waals surface area contributed by atoms with Gasteiger partial charge in [-0.3, -0.25) is 0 Å². The Hall–Kier alpha value is -2.22. The van der Waals surface area contributed by atoms with Gasteiger partial charge in [-0.15, -0.1) is 0 Å². The number of halogens is 1.